The Kier molecular flexibility index (Phi) is 5.77. The van der Waals surface area contributed by atoms with Crippen LogP contribution in [0.15, 0.2) is 0 Å². The van der Waals surface area contributed by atoms with Crippen LogP contribution in [-0.2, 0) is 0 Å². The van der Waals surface area contributed by atoms with Gasteiger partial charge in [0.15, 0.2) is 0 Å². The lowest BCUT2D eigenvalue weighted by atomic mass is 9.82. The van der Waals surface area contributed by atoms with Crippen molar-refractivity contribution in [2.45, 2.75) is 59.4 Å². The van der Waals surface area contributed by atoms with Gasteiger partial charge >= 0.3 is 0 Å². The zero-order valence-corrected chi connectivity index (χ0v) is 11.7. The van der Waals surface area contributed by atoms with E-state index in [0.717, 1.165) is 13.1 Å². The van der Waals surface area contributed by atoms with Gasteiger partial charge in [-0.1, -0.05) is 20.8 Å². The molecular formula is C14H30N2. The van der Waals surface area contributed by atoms with Crippen LogP contribution in [0.25, 0.3) is 0 Å². The highest BCUT2D eigenvalue weighted by atomic mass is 15.2. The van der Waals surface area contributed by atoms with Gasteiger partial charge in [0, 0.05) is 19.1 Å². The number of hydrogen-bond donors (Lipinski definition) is 1. The second-order valence-corrected chi connectivity index (χ2v) is 5.48. The molecule has 0 aromatic heterocycles. The van der Waals surface area contributed by atoms with E-state index in [-0.39, 0.29) is 0 Å². The fraction of sp³-hybridized carbons (Fsp3) is 1.00. The monoisotopic (exact) mass is 226 g/mol. The van der Waals surface area contributed by atoms with E-state index in [0.29, 0.717) is 11.5 Å². The van der Waals surface area contributed by atoms with Crippen LogP contribution in [0, 0.1) is 5.41 Å². The van der Waals surface area contributed by atoms with Crippen LogP contribution in [0.5, 0.6) is 0 Å². The molecule has 0 bridgehead atoms. The quantitative estimate of drug-likeness (QED) is 0.672. The maximum absolute atomic E-state index is 3.53. The summed E-state index contributed by atoms with van der Waals surface area (Å²) in [5.41, 5.74) is 0.624. The smallest absolute Gasteiger partial charge is 0.0192 e. The molecule has 0 aromatic carbocycles. The molecule has 0 saturated carbocycles. The van der Waals surface area contributed by atoms with Crippen LogP contribution in [0.3, 0.4) is 0 Å². The van der Waals surface area contributed by atoms with Gasteiger partial charge in [0.2, 0.25) is 0 Å². The summed E-state index contributed by atoms with van der Waals surface area (Å²) in [4.78, 5) is 2.68. The second-order valence-electron chi connectivity index (χ2n) is 5.48. The average molecular weight is 226 g/mol. The Morgan fingerprint density at radius 3 is 2.44 bits per heavy atom. The van der Waals surface area contributed by atoms with Crippen LogP contribution in [0.1, 0.15) is 53.4 Å². The van der Waals surface area contributed by atoms with E-state index < -0.39 is 0 Å². The fourth-order valence-corrected chi connectivity index (χ4v) is 2.79. The Bertz CT molecular complexity index is 187. The summed E-state index contributed by atoms with van der Waals surface area (Å²) >= 11 is 0. The summed E-state index contributed by atoms with van der Waals surface area (Å²) in [6.45, 7) is 14.2. The lowest BCUT2D eigenvalue weighted by molar-refractivity contribution is 0.200. The normalized spacial score (nSPS) is 22.5. The predicted molar refractivity (Wildman–Crippen MR) is 71.8 cm³/mol. The third-order valence-electron chi connectivity index (χ3n) is 4.46. The van der Waals surface area contributed by atoms with Gasteiger partial charge in [-0.05, 0) is 51.1 Å². The maximum Gasteiger partial charge on any atom is 0.0192 e. The van der Waals surface area contributed by atoms with Gasteiger partial charge in [-0.15, -0.1) is 0 Å². The largest absolute Gasteiger partial charge is 0.315 e. The molecule has 2 nitrogen and oxygen atoms in total. The summed E-state index contributed by atoms with van der Waals surface area (Å²) in [6.07, 6.45) is 5.32. The molecule has 1 rings (SSSR count). The molecule has 1 atom stereocenters. The molecule has 0 amide bonds. The first-order valence-electron chi connectivity index (χ1n) is 7.12. The van der Waals surface area contributed by atoms with Gasteiger partial charge in [0.25, 0.3) is 0 Å². The number of likely N-dealkylation sites (tertiary alicyclic amines) is 1. The van der Waals surface area contributed by atoms with E-state index in [1.54, 1.807) is 0 Å². The van der Waals surface area contributed by atoms with Crippen molar-refractivity contribution in [3.8, 4) is 0 Å². The van der Waals surface area contributed by atoms with Crippen molar-refractivity contribution in [2.24, 2.45) is 5.41 Å². The SMILES string of the molecule is CCCNCC(C)N1CCC(CC)(CC)C1. The lowest BCUT2D eigenvalue weighted by Crippen LogP contribution is -2.40. The molecule has 0 aliphatic carbocycles. The lowest BCUT2D eigenvalue weighted by Gasteiger charge is -2.29. The highest BCUT2D eigenvalue weighted by Crippen LogP contribution is 2.37. The van der Waals surface area contributed by atoms with Gasteiger partial charge in [-0.3, -0.25) is 4.90 Å². The summed E-state index contributed by atoms with van der Waals surface area (Å²) < 4.78 is 0. The predicted octanol–water partition coefficient (Wildman–Crippen LogP) is 2.89. The van der Waals surface area contributed by atoms with Crippen LogP contribution < -0.4 is 5.32 Å². The zero-order chi connectivity index (χ0) is 12.0. The van der Waals surface area contributed by atoms with Crippen LogP contribution >= 0.6 is 0 Å². The van der Waals surface area contributed by atoms with Crippen molar-refractivity contribution in [1.82, 2.24) is 10.2 Å². The first-order chi connectivity index (χ1) is 7.67. The Balaban J connectivity index is 2.34. The fourth-order valence-electron chi connectivity index (χ4n) is 2.79. The summed E-state index contributed by atoms with van der Waals surface area (Å²) in [5.74, 6) is 0. The molecule has 1 aliphatic rings. The molecule has 1 fully saturated rings. The molecule has 1 N–H and O–H groups in total. The molecule has 1 heterocycles. The van der Waals surface area contributed by atoms with E-state index in [4.69, 9.17) is 0 Å². The Morgan fingerprint density at radius 1 is 1.25 bits per heavy atom. The molecule has 0 radical (unpaired) electrons. The highest BCUT2D eigenvalue weighted by Gasteiger charge is 2.36. The van der Waals surface area contributed by atoms with E-state index >= 15 is 0 Å². The molecular weight excluding hydrogens is 196 g/mol. The minimum atomic E-state index is 0.624. The first-order valence-corrected chi connectivity index (χ1v) is 7.12. The molecule has 0 spiro atoms. The summed E-state index contributed by atoms with van der Waals surface area (Å²) in [6, 6.07) is 0.700. The average Bonchev–Trinajstić information content (AvgIpc) is 2.74. The van der Waals surface area contributed by atoms with Gasteiger partial charge in [-0.2, -0.15) is 0 Å². The molecule has 96 valence electrons. The van der Waals surface area contributed by atoms with Gasteiger partial charge in [0.05, 0.1) is 0 Å². The molecule has 2 heteroatoms. The third-order valence-corrected chi connectivity index (χ3v) is 4.46. The van der Waals surface area contributed by atoms with Crippen molar-refractivity contribution in [1.29, 1.82) is 0 Å². The molecule has 0 aromatic rings. The standard InChI is InChI=1S/C14H30N2/c1-5-9-15-11-13(4)16-10-8-14(6-2,7-3)12-16/h13,15H,5-12H2,1-4H3. The van der Waals surface area contributed by atoms with E-state index in [2.05, 4.69) is 37.9 Å². The number of nitrogens with one attached hydrogen (secondary N) is 1. The Morgan fingerprint density at radius 2 is 1.94 bits per heavy atom. The topological polar surface area (TPSA) is 15.3 Å². The molecule has 16 heavy (non-hydrogen) atoms. The van der Waals surface area contributed by atoms with Crippen molar-refractivity contribution >= 4 is 0 Å². The summed E-state index contributed by atoms with van der Waals surface area (Å²) in [7, 11) is 0. The van der Waals surface area contributed by atoms with Crippen LogP contribution in [-0.4, -0.2) is 37.1 Å². The Hall–Kier alpha value is -0.0800. The van der Waals surface area contributed by atoms with Crippen LogP contribution in [0.4, 0.5) is 0 Å². The summed E-state index contributed by atoms with van der Waals surface area (Å²) in [5, 5.41) is 3.53. The first kappa shape index (κ1) is 14.0. The van der Waals surface area contributed by atoms with Gasteiger partial charge in [-0.25, -0.2) is 0 Å². The number of nitrogens with zero attached hydrogens (tertiary/aromatic N) is 1. The second kappa shape index (κ2) is 6.61. The minimum absolute atomic E-state index is 0.624. The zero-order valence-electron chi connectivity index (χ0n) is 11.7. The Labute approximate surface area is 102 Å². The van der Waals surface area contributed by atoms with E-state index in [9.17, 15) is 0 Å². The van der Waals surface area contributed by atoms with Crippen LogP contribution in [0.2, 0.25) is 0 Å². The van der Waals surface area contributed by atoms with Crippen molar-refractivity contribution in [3.05, 3.63) is 0 Å². The highest BCUT2D eigenvalue weighted by molar-refractivity contribution is 4.90. The van der Waals surface area contributed by atoms with Crippen molar-refractivity contribution in [2.75, 3.05) is 26.2 Å². The van der Waals surface area contributed by atoms with Gasteiger partial charge < -0.3 is 5.32 Å². The molecule has 1 saturated heterocycles. The van der Waals surface area contributed by atoms with Crippen molar-refractivity contribution < 1.29 is 0 Å². The number of hydrogen-bond acceptors (Lipinski definition) is 2. The van der Waals surface area contributed by atoms with Crippen molar-refractivity contribution in [3.63, 3.8) is 0 Å². The number of rotatable bonds is 7. The molecule has 1 aliphatic heterocycles. The minimum Gasteiger partial charge on any atom is -0.315 e. The van der Waals surface area contributed by atoms with Gasteiger partial charge in [0.1, 0.15) is 0 Å². The third kappa shape index (κ3) is 3.46. The van der Waals surface area contributed by atoms with E-state index in [1.807, 2.05) is 0 Å². The van der Waals surface area contributed by atoms with E-state index in [1.165, 1.54) is 38.8 Å². The molecule has 1 unspecified atom stereocenters. The maximum atomic E-state index is 3.53.